The molecule has 0 aliphatic carbocycles. The number of ether oxygens (including phenoxy) is 1. The highest BCUT2D eigenvalue weighted by Crippen LogP contribution is 2.30. The fraction of sp³-hybridized carbons (Fsp3) is 0.318. The molecule has 0 spiro atoms. The average Bonchev–Trinajstić information content (AvgIpc) is 3.14. The van der Waals surface area contributed by atoms with Crippen molar-refractivity contribution < 1.29 is 24.0 Å². The molecule has 0 bridgehead atoms. The number of esters is 1. The Morgan fingerprint density at radius 2 is 1.97 bits per heavy atom. The van der Waals surface area contributed by atoms with Crippen molar-refractivity contribution in [3.8, 4) is 0 Å². The molecule has 1 saturated heterocycles. The Kier molecular flexibility index (Phi) is 6.64. The standard InChI is InChI=1S/C22H23N3O6/c1-14-8-9-18(11-19(14)25(29)30)24-12-17(10-21(24)27)22(28)31-13-20(26)23-15(2)16-6-4-3-5-7-16/h3-9,11,15,17H,10,12-13H2,1-2H3,(H,23,26)/t15-,17+/m0/s1. The summed E-state index contributed by atoms with van der Waals surface area (Å²) < 4.78 is 5.10. The van der Waals surface area contributed by atoms with E-state index in [2.05, 4.69) is 5.32 Å². The van der Waals surface area contributed by atoms with E-state index in [0.717, 1.165) is 5.56 Å². The Bertz CT molecular complexity index is 1010. The summed E-state index contributed by atoms with van der Waals surface area (Å²) in [5.41, 5.74) is 1.66. The first-order valence-electron chi connectivity index (χ1n) is 9.82. The van der Waals surface area contributed by atoms with Crippen LogP contribution in [0.4, 0.5) is 11.4 Å². The second-order valence-corrected chi connectivity index (χ2v) is 7.44. The van der Waals surface area contributed by atoms with Gasteiger partial charge < -0.3 is 15.0 Å². The van der Waals surface area contributed by atoms with Gasteiger partial charge in [-0.15, -0.1) is 0 Å². The molecular formula is C22H23N3O6. The van der Waals surface area contributed by atoms with Crippen LogP contribution in [0.5, 0.6) is 0 Å². The highest BCUT2D eigenvalue weighted by atomic mass is 16.6. The van der Waals surface area contributed by atoms with Gasteiger partial charge in [0.25, 0.3) is 11.6 Å². The van der Waals surface area contributed by atoms with Crippen molar-refractivity contribution >= 4 is 29.2 Å². The number of hydrogen-bond donors (Lipinski definition) is 1. The lowest BCUT2D eigenvalue weighted by atomic mass is 10.1. The number of nitro groups is 1. The molecule has 162 valence electrons. The number of carbonyl (C=O) groups excluding carboxylic acids is 3. The molecule has 3 rings (SSSR count). The molecule has 0 unspecified atom stereocenters. The van der Waals surface area contributed by atoms with E-state index in [-0.39, 0.29) is 30.6 Å². The van der Waals surface area contributed by atoms with Crippen molar-refractivity contribution in [2.75, 3.05) is 18.1 Å². The van der Waals surface area contributed by atoms with Gasteiger partial charge in [-0.3, -0.25) is 24.5 Å². The van der Waals surface area contributed by atoms with Crippen molar-refractivity contribution in [3.05, 3.63) is 69.8 Å². The smallest absolute Gasteiger partial charge is 0.311 e. The summed E-state index contributed by atoms with van der Waals surface area (Å²) in [4.78, 5) is 48.8. The molecule has 1 heterocycles. The van der Waals surface area contributed by atoms with Crippen LogP contribution in [0.1, 0.15) is 30.5 Å². The van der Waals surface area contributed by atoms with Gasteiger partial charge in [0, 0.05) is 24.6 Å². The van der Waals surface area contributed by atoms with Gasteiger partial charge >= 0.3 is 5.97 Å². The second kappa shape index (κ2) is 9.38. The number of aryl methyl sites for hydroxylation is 1. The molecule has 0 radical (unpaired) electrons. The van der Waals surface area contributed by atoms with E-state index in [1.807, 2.05) is 37.3 Å². The van der Waals surface area contributed by atoms with Gasteiger partial charge in [-0.2, -0.15) is 0 Å². The van der Waals surface area contributed by atoms with Crippen LogP contribution < -0.4 is 10.2 Å². The van der Waals surface area contributed by atoms with E-state index in [0.29, 0.717) is 11.3 Å². The molecule has 0 saturated carbocycles. The molecule has 9 heteroatoms. The summed E-state index contributed by atoms with van der Waals surface area (Å²) in [7, 11) is 0. The van der Waals surface area contributed by atoms with Crippen molar-refractivity contribution in [2.24, 2.45) is 5.92 Å². The molecule has 1 N–H and O–H groups in total. The average molecular weight is 425 g/mol. The van der Waals surface area contributed by atoms with Gasteiger partial charge in [-0.25, -0.2) is 0 Å². The van der Waals surface area contributed by atoms with Crippen LogP contribution in [-0.2, 0) is 19.1 Å². The summed E-state index contributed by atoms with van der Waals surface area (Å²) in [6.07, 6.45) is -0.0808. The minimum atomic E-state index is -0.743. The van der Waals surface area contributed by atoms with Crippen LogP contribution in [0.2, 0.25) is 0 Å². The first kappa shape index (κ1) is 21.9. The molecule has 1 aliphatic heterocycles. The molecule has 2 atom stereocenters. The predicted octanol–water partition coefficient (Wildman–Crippen LogP) is 2.68. The number of carbonyl (C=O) groups is 3. The number of amides is 2. The minimum Gasteiger partial charge on any atom is -0.455 e. The third-order valence-electron chi connectivity index (χ3n) is 5.18. The normalized spacial score (nSPS) is 16.6. The van der Waals surface area contributed by atoms with Gasteiger partial charge in [-0.05, 0) is 25.5 Å². The lowest BCUT2D eigenvalue weighted by Gasteiger charge is -2.17. The van der Waals surface area contributed by atoms with E-state index in [4.69, 9.17) is 4.74 Å². The maximum atomic E-state index is 12.4. The zero-order chi connectivity index (χ0) is 22.5. The molecule has 2 amide bonds. The number of rotatable bonds is 7. The zero-order valence-corrected chi connectivity index (χ0v) is 17.2. The van der Waals surface area contributed by atoms with E-state index < -0.39 is 29.3 Å². The third-order valence-corrected chi connectivity index (χ3v) is 5.18. The number of nitrogens with one attached hydrogen (secondary N) is 1. The summed E-state index contributed by atoms with van der Waals surface area (Å²) >= 11 is 0. The molecule has 2 aromatic carbocycles. The monoisotopic (exact) mass is 425 g/mol. The van der Waals surface area contributed by atoms with Crippen molar-refractivity contribution in [1.29, 1.82) is 0 Å². The fourth-order valence-corrected chi connectivity index (χ4v) is 3.44. The van der Waals surface area contributed by atoms with Crippen LogP contribution in [0.25, 0.3) is 0 Å². The second-order valence-electron chi connectivity index (χ2n) is 7.44. The molecule has 1 aliphatic rings. The molecule has 0 aromatic heterocycles. The van der Waals surface area contributed by atoms with Gasteiger partial charge in [-0.1, -0.05) is 36.4 Å². The van der Waals surface area contributed by atoms with Crippen LogP contribution >= 0.6 is 0 Å². The maximum absolute atomic E-state index is 12.4. The van der Waals surface area contributed by atoms with Crippen LogP contribution in [-0.4, -0.2) is 35.9 Å². The molecule has 31 heavy (non-hydrogen) atoms. The van der Waals surface area contributed by atoms with Gasteiger partial charge in [0.15, 0.2) is 6.61 Å². The molecule has 9 nitrogen and oxygen atoms in total. The Morgan fingerprint density at radius 1 is 1.26 bits per heavy atom. The topological polar surface area (TPSA) is 119 Å². The number of nitro benzene ring substituents is 1. The van der Waals surface area contributed by atoms with Crippen LogP contribution in [0, 0.1) is 23.0 Å². The minimum absolute atomic E-state index is 0.0416. The van der Waals surface area contributed by atoms with Crippen molar-refractivity contribution in [2.45, 2.75) is 26.3 Å². The Morgan fingerprint density at radius 3 is 2.65 bits per heavy atom. The van der Waals surface area contributed by atoms with Crippen LogP contribution in [0.15, 0.2) is 48.5 Å². The number of nitrogens with zero attached hydrogens (tertiary/aromatic N) is 2. The summed E-state index contributed by atoms with van der Waals surface area (Å²) in [6.45, 7) is 3.03. The van der Waals surface area contributed by atoms with Gasteiger partial charge in [0.05, 0.1) is 22.6 Å². The SMILES string of the molecule is Cc1ccc(N2C[C@H](C(=O)OCC(=O)N[C@@H](C)c3ccccc3)CC2=O)cc1[N+](=O)[O-]. The summed E-state index contributed by atoms with van der Waals surface area (Å²) in [5, 5.41) is 13.9. The van der Waals surface area contributed by atoms with Crippen LogP contribution in [0.3, 0.4) is 0 Å². The lowest BCUT2D eigenvalue weighted by Crippen LogP contribution is -2.32. The van der Waals surface area contributed by atoms with Crippen molar-refractivity contribution in [3.63, 3.8) is 0 Å². The predicted molar refractivity (Wildman–Crippen MR) is 112 cm³/mol. The quantitative estimate of drug-likeness (QED) is 0.414. The third kappa shape index (κ3) is 5.25. The Hall–Kier alpha value is -3.75. The molecular weight excluding hydrogens is 402 g/mol. The van der Waals surface area contributed by atoms with E-state index in [1.165, 1.54) is 11.0 Å². The highest BCUT2D eigenvalue weighted by molar-refractivity contribution is 6.00. The summed E-state index contributed by atoms with van der Waals surface area (Å²) in [5.74, 6) is -2.17. The summed E-state index contributed by atoms with van der Waals surface area (Å²) in [6, 6.07) is 13.6. The van der Waals surface area contributed by atoms with E-state index in [9.17, 15) is 24.5 Å². The Labute approximate surface area is 179 Å². The van der Waals surface area contributed by atoms with Crippen molar-refractivity contribution in [1.82, 2.24) is 5.32 Å². The number of hydrogen-bond acceptors (Lipinski definition) is 6. The molecule has 2 aromatic rings. The number of anilines is 1. The number of benzene rings is 2. The highest BCUT2D eigenvalue weighted by Gasteiger charge is 2.37. The first-order valence-corrected chi connectivity index (χ1v) is 9.82. The first-order chi connectivity index (χ1) is 14.8. The maximum Gasteiger partial charge on any atom is 0.311 e. The zero-order valence-electron chi connectivity index (χ0n) is 17.2. The van der Waals surface area contributed by atoms with Gasteiger partial charge in [0.2, 0.25) is 5.91 Å². The largest absolute Gasteiger partial charge is 0.455 e. The molecule has 1 fully saturated rings. The van der Waals surface area contributed by atoms with E-state index in [1.54, 1.807) is 19.1 Å². The van der Waals surface area contributed by atoms with E-state index >= 15 is 0 Å². The lowest BCUT2D eigenvalue weighted by molar-refractivity contribution is -0.385. The Balaban J connectivity index is 1.55. The fourth-order valence-electron chi connectivity index (χ4n) is 3.44. The van der Waals surface area contributed by atoms with Gasteiger partial charge in [0.1, 0.15) is 0 Å².